The number of amides is 1. The smallest absolute Gasteiger partial charge is 0.234 e. The summed E-state index contributed by atoms with van der Waals surface area (Å²) in [5.41, 5.74) is 0.402. The van der Waals surface area contributed by atoms with Gasteiger partial charge in [-0.3, -0.25) is 14.6 Å². The number of rotatable bonds is 7. The van der Waals surface area contributed by atoms with Crippen molar-refractivity contribution in [3.8, 4) is 0 Å². The van der Waals surface area contributed by atoms with Gasteiger partial charge in [0.25, 0.3) is 0 Å². The van der Waals surface area contributed by atoms with Crippen molar-refractivity contribution in [3.05, 3.63) is 35.4 Å². The van der Waals surface area contributed by atoms with Gasteiger partial charge in [-0.05, 0) is 24.1 Å². The third kappa shape index (κ3) is 5.51. The van der Waals surface area contributed by atoms with E-state index in [2.05, 4.69) is 17.1 Å². The summed E-state index contributed by atoms with van der Waals surface area (Å²) < 4.78 is 26.2. The summed E-state index contributed by atoms with van der Waals surface area (Å²) in [6.45, 7) is 5.74. The Balaban J connectivity index is 1.73. The summed E-state index contributed by atoms with van der Waals surface area (Å²) >= 11 is 0. The number of nitrogens with one attached hydrogen (secondary N) is 1. The molecule has 0 radical (unpaired) electrons. The van der Waals surface area contributed by atoms with Gasteiger partial charge in [-0.2, -0.15) is 0 Å². The Labute approximate surface area is 141 Å². The van der Waals surface area contributed by atoms with Crippen LogP contribution in [0.3, 0.4) is 0 Å². The van der Waals surface area contributed by atoms with Crippen molar-refractivity contribution in [2.24, 2.45) is 0 Å². The fraction of sp³-hybridized carbons (Fsp3) is 0.588. The molecule has 2 rings (SSSR count). The van der Waals surface area contributed by atoms with Crippen LogP contribution in [-0.2, 0) is 11.3 Å². The minimum atomic E-state index is -0.648. The molecule has 0 aromatic heterocycles. The number of aliphatic hydroxyl groups excluding tert-OH is 1. The number of hydrogen-bond acceptors (Lipinski definition) is 4. The zero-order valence-electron chi connectivity index (χ0n) is 14.0. The molecule has 0 spiro atoms. The lowest BCUT2D eigenvalue weighted by Crippen LogP contribution is -2.53. The van der Waals surface area contributed by atoms with Gasteiger partial charge in [0, 0.05) is 44.8 Å². The van der Waals surface area contributed by atoms with Gasteiger partial charge in [-0.15, -0.1) is 0 Å². The minimum absolute atomic E-state index is 0.107. The van der Waals surface area contributed by atoms with Crippen molar-refractivity contribution in [3.63, 3.8) is 0 Å². The number of carbonyl (C=O) groups is 1. The summed E-state index contributed by atoms with van der Waals surface area (Å²) in [5, 5.41) is 12.0. The third-order valence-electron chi connectivity index (χ3n) is 4.38. The molecule has 1 aromatic rings. The fourth-order valence-corrected chi connectivity index (χ4v) is 2.96. The van der Waals surface area contributed by atoms with E-state index in [9.17, 15) is 18.7 Å². The van der Waals surface area contributed by atoms with Gasteiger partial charge in [0.05, 0.1) is 13.2 Å². The number of nitrogens with zero attached hydrogens (tertiary/aromatic N) is 2. The van der Waals surface area contributed by atoms with Crippen molar-refractivity contribution in [1.29, 1.82) is 0 Å². The number of hydrogen-bond donors (Lipinski definition) is 2. The summed E-state index contributed by atoms with van der Waals surface area (Å²) in [5.74, 6) is -1.46. The SMILES string of the molecule is CCC(CO)N1CCN(CC(=O)NCc2cc(F)cc(F)c2)CC1. The summed E-state index contributed by atoms with van der Waals surface area (Å²) in [4.78, 5) is 16.3. The van der Waals surface area contributed by atoms with Gasteiger partial charge >= 0.3 is 0 Å². The molecule has 1 amide bonds. The Hall–Kier alpha value is -1.57. The van der Waals surface area contributed by atoms with E-state index in [0.717, 1.165) is 38.7 Å². The van der Waals surface area contributed by atoms with E-state index >= 15 is 0 Å². The highest BCUT2D eigenvalue weighted by atomic mass is 19.1. The molecule has 2 N–H and O–H groups in total. The standard InChI is InChI=1S/C17H25F2N3O2/c1-2-16(12-23)22-5-3-21(4-6-22)11-17(24)20-10-13-7-14(18)9-15(19)8-13/h7-9,16,23H,2-6,10-12H2,1H3,(H,20,24). The normalized spacial score (nSPS) is 17.7. The molecule has 134 valence electrons. The van der Waals surface area contributed by atoms with Crippen LogP contribution in [0.5, 0.6) is 0 Å². The molecular formula is C17H25F2N3O2. The summed E-state index contributed by atoms with van der Waals surface area (Å²) in [6, 6.07) is 3.41. The van der Waals surface area contributed by atoms with Crippen LogP contribution in [-0.4, -0.2) is 66.2 Å². The third-order valence-corrected chi connectivity index (χ3v) is 4.38. The highest BCUT2D eigenvalue weighted by Crippen LogP contribution is 2.09. The molecule has 0 saturated carbocycles. The first kappa shape index (κ1) is 18.8. The lowest BCUT2D eigenvalue weighted by molar-refractivity contribution is -0.123. The van der Waals surface area contributed by atoms with E-state index in [1.54, 1.807) is 0 Å². The number of piperazine rings is 1. The molecule has 1 fully saturated rings. The quantitative estimate of drug-likeness (QED) is 0.776. The monoisotopic (exact) mass is 341 g/mol. The Morgan fingerprint density at radius 1 is 1.21 bits per heavy atom. The van der Waals surface area contributed by atoms with Crippen LogP contribution in [0, 0.1) is 11.6 Å². The Bertz CT molecular complexity index is 524. The maximum absolute atomic E-state index is 13.1. The first-order chi connectivity index (χ1) is 11.5. The van der Waals surface area contributed by atoms with Crippen LogP contribution in [0.2, 0.25) is 0 Å². The lowest BCUT2D eigenvalue weighted by Gasteiger charge is -2.38. The van der Waals surface area contributed by atoms with Crippen LogP contribution < -0.4 is 5.32 Å². The average Bonchev–Trinajstić information content (AvgIpc) is 2.55. The van der Waals surface area contributed by atoms with Crippen molar-refractivity contribution >= 4 is 5.91 Å². The van der Waals surface area contributed by atoms with Crippen LogP contribution in [0.25, 0.3) is 0 Å². The molecule has 1 aliphatic heterocycles. The second kappa shape index (κ2) is 9.05. The molecule has 24 heavy (non-hydrogen) atoms. The maximum atomic E-state index is 13.1. The van der Waals surface area contributed by atoms with Crippen molar-refractivity contribution in [1.82, 2.24) is 15.1 Å². The zero-order valence-corrected chi connectivity index (χ0v) is 14.0. The molecule has 7 heteroatoms. The molecule has 5 nitrogen and oxygen atoms in total. The lowest BCUT2D eigenvalue weighted by atomic mass is 10.1. The van der Waals surface area contributed by atoms with E-state index in [-0.39, 0.29) is 31.6 Å². The molecule has 0 bridgehead atoms. The van der Waals surface area contributed by atoms with Crippen molar-refractivity contribution in [2.45, 2.75) is 25.9 Å². The van der Waals surface area contributed by atoms with Crippen LogP contribution in [0.4, 0.5) is 8.78 Å². The van der Waals surface area contributed by atoms with Gasteiger partial charge < -0.3 is 10.4 Å². The van der Waals surface area contributed by atoms with Gasteiger partial charge in [0.1, 0.15) is 11.6 Å². The van der Waals surface area contributed by atoms with Crippen molar-refractivity contribution < 1.29 is 18.7 Å². The van der Waals surface area contributed by atoms with Crippen molar-refractivity contribution in [2.75, 3.05) is 39.3 Å². The first-order valence-corrected chi connectivity index (χ1v) is 8.30. The summed E-state index contributed by atoms with van der Waals surface area (Å²) in [6.07, 6.45) is 0.904. The topological polar surface area (TPSA) is 55.8 Å². The summed E-state index contributed by atoms with van der Waals surface area (Å²) in [7, 11) is 0. The molecule has 1 aliphatic rings. The molecule has 1 heterocycles. The van der Waals surface area contributed by atoms with Gasteiger partial charge in [-0.25, -0.2) is 8.78 Å². The Morgan fingerprint density at radius 3 is 2.38 bits per heavy atom. The molecular weight excluding hydrogens is 316 g/mol. The van der Waals surface area contributed by atoms with Gasteiger partial charge in [-0.1, -0.05) is 6.92 Å². The van der Waals surface area contributed by atoms with E-state index < -0.39 is 11.6 Å². The highest BCUT2D eigenvalue weighted by Gasteiger charge is 2.23. The average molecular weight is 341 g/mol. The number of aliphatic hydroxyl groups is 1. The number of benzene rings is 1. The second-order valence-electron chi connectivity index (χ2n) is 6.11. The van der Waals surface area contributed by atoms with Crippen LogP contribution in [0.1, 0.15) is 18.9 Å². The molecule has 1 unspecified atom stereocenters. The predicted molar refractivity (Wildman–Crippen MR) is 87.4 cm³/mol. The molecule has 1 atom stereocenters. The molecule has 1 aromatic carbocycles. The van der Waals surface area contributed by atoms with Gasteiger partial charge in [0.2, 0.25) is 5.91 Å². The van der Waals surface area contributed by atoms with Crippen LogP contribution >= 0.6 is 0 Å². The Kier molecular flexibility index (Phi) is 7.08. The number of halogens is 2. The first-order valence-electron chi connectivity index (χ1n) is 8.30. The van der Waals surface area contributed by atoms with Crippen LogP contribution in [0.15, 0.2) is 18.2 Å². The highest BCUT2D eigenvalue weighted by molar-refractivity contribution is 5.78. The minimum Gasteiger partial charge on any atom is -0.395 e. The van der Waals surface area contributed by atoms with E-state index in [0.29, 0.717) is 5.56 Å². The largest absolute Gasteiger partial charge is 0.395 e. The van der Waals surface area contributed by atoms with E-state index in [1.165, 1.54) is 12.1 Å². The maximum Gasteiger partial charge on any atom is 0.234 e. The second-order valence-corrected chi connectivity index (χ2v) is 6.11. The van der Waals surface area contributed by atoms with E-state index in [4.69, 9.17) is 0 Å². The predicted octanol–water partition coefficient (Wildman–Crippen LogP) is 0.970. The molecule has 1 saturated heterocycles. The fourth-order valence-electron chi connectivity index (χ4n) is 2.96. The zero-order chi connectivity index (χ0) is 17.5. The van der Waals surface area contributed by atoms with Gasteiger partial charge in [0.15, 0.2) is 0 Å². The number of carbonyl (C=O) groups excluding carboxylic acids is 1. The van der Waals surface area contributed by atoms with E-state index in [1.807, 2.05) is 4.90 Å². The Morgan fingerprint density at radius 2 is 1.83 bits per heavy atom. The molecule has 0 aliphatic carbocycles.